The summed E-state index contributed by atoms with van der Waals surface area (Å²) in [6, 6.07) is 0. The molecule has 0 aromatic rings. The summed E-state index contributed by atoms with van der Waals surface area (Å²) < 4.78 is 0. The fraction of sp³-hybridized carbons (Fsp3) is 0.786. The molecule has 2 atom stereocenters. The average molecular weight is 225 g/mol. The largest absolute Gasteiger partial charge is 0.366 e. The Morgan fingerprint density at radius 2 is 1.81 bits per heavy atom. The van der Waals surface area contributed by atoms with Gasteiger partial charge in [0.25, 0.3) is 0 Å². The molecule has 0 aromatic heterocycles. The highest BCUT2D eigenvalue weighted by Gasteiger charge is 2.15. The van der Waals surface area contributed by atoms with E-state index in [1.54, 1.807) is 0 Å². The van der Waals surface area contributed by atoms with E-state index in [9.17, 15) is 4.79 Å². The van der Waals surface area contributed by atoms with Crippen molar-refractivity contribution in [2.45, 2.75) is 53.9 Å². The van der Waals surface area contributed by atoms with Crippen LogP contribution in [0.15, 0.2) is 12.2 Å². The summed E-state index contributed by atoms with van der Waals surface area (Å²) in [7, 11) is 0. The lowest BCUT2D eigenvalue weighted by Gasteiger charge is -2.23. The topological polar surface area (TPSA) is 43.1 Å². The Hall–Kier alpha value is -0.790. The van der Waals surface area contributed by atoms with Crippen molar-refractivity contribution in [3.8, 4) is 0 Å². The van der Waals surface area contributed by atoms with Gasteiger partial charge in [-0.3, -0.25) is 4.79 Å². The Bertz CT molecular complexity index is 238. The Kier molecular flexibility index (Phi) is 6.39. The standard InChI is InChI=1S/C14H27NO/c1-11(8-9-13(15)16)6-7-12(2)10-14(3,4)5/h8-9,11-12H,6-7,10H2,1-5H3,(H2,15,16)/b9-8+. The number of hydrogen-bond acceptors (Lipinski definition) is 1. The molecule has 0 aliphatic heterocycles. The summed E-state index contributed by atoms with van der Waals surface area (Å²) >= 11 is 0. The van der Waals surface area contributed by atoms with E-state index in [2.05, 4.69) is 34.6 Å². The minimum atomic E-state index is -0.352. The Labute approximate surface area is 100 Å². The molecule has 1 amide bonds. The van der Waals surface area contributed by atoms with Crippen molar-refractivity contribution >= 4 is 5.91 Å². The second-order valence-corrected chi connectivity index (χ2v) is 6.19. The van der Waals surface area contributed by atoms with Crippen LogP contribution in [0.3, 0.4) is 0 Å². The second kappa shape index (κ2) is 6.72. The zero-order chi connectivity index (χ0) is 12.8. The van der Waals surface area contributed by atoms with Crippen LogP contribution in [0.25, 0.3) is 0 Å². The molecule has 2 N–H and O–H groups in total. The summed E-state index contributed by atoms with van der Waals surface area (Å²) in [5.41, 5.74) is 5.46. The first-order chi connectivity index (χ1) is 7.20. The lowest BCUT2D eigenvalue weighted by atomic mass is 9.83. The maximum Gasteiger partial charge on any atom is 0.241 e. The summed E-state index contributed by atoms with van der Waals surface area (Å²) in [5, 5.41) is 0. The summed E-state index contributed by atoms with van der Waals surface area (Å²) in [6.45, 7) is 11.3. The van der Waals surface area contributed by atoms with E-state index < -0.39 is 0 Å². The van der Waals surface area contributed by atoms with Gasteiger partial charge in [0.15, 0.2) is 0 Å². The molecule has 0 aromatic carbocycles. The molecule has 0 spiro atoms. The number of amides is 1. The van der Waals surface area contributed by atoms with Crippen molar-refractivity contribution in [1.29, 1.82) is 0 Å². The summed E-state index contributed by atoms with van der Waals surface area (Å²) in [5.74, 6) is 0.828. The van der Waals surface area contributed by atoms with Gasteiger partial charge in [-0.1, -0.05) is 47.1 Å². The molecule has 0 saturated heterocycles. The van der Waals surface area contributed by atoms with Crippen LogP contribution in [0.4, 0.5) is 0 Å². The van der Waals surface area contributed by atoms with Crippen LogP contribution in [0.2, 0.25) is 0 Å². The van der Waals surface area contributed by atoms with E-state index in [0.29, 0.717) is 11.3 Å². The molecular weight excluding hydrogens is 198 g/mol. The predicted octanol–water partition coefficient (Wildman–Crippen LogP) is 3.52. The van der Waals surface area contributed by atoms with Crippen molar-refractivity contribution in [2.75, 3.05) is 0 Å². The number of primary amides is 1. The molecular formula is C14H27NO. The highest BCUT2D eigenvalue weighted by atomic mass is 16.1. The zero-order valence-corrected chi connectivity index (χ0v) is 11.4. The lowest BCUT2D eigenvalue weighted by molar-refractivity contribution is -0.113. The normalized spacial score (nSPS) is 16.3. The quantitative estimate of drug-likeness (QED) is 0.691. The van der Waals surface area contributed by atoms with Crippen LogP contribution in [0.5, 0.6) is 0 Å². The first-order valence-electron chi connectivity index (χ1n) is 6.18. The van der Waals surface area contributed by atoms with Crippen molar-refractivity contribution in [3.05, 3.63) is 12.2 Å². The molecule has 0 aliphatic carbocycles. The van der Waals surface area contributed by atoms with Gasteiger partial charge >= 0.3 is 0 Å². The second-order valence-electron chi connectivity index (χ2n) is 6.19. The molecule has 2 heteroatoms. The maximum atomic E-state index is 10.6. The van der Waals surface area contributed by atoms with Crippen LogP contribution in [0.1, 0.15) is 53.9 Å². The van der Waals surface area contributed by atoms with Crippen LogP contribution in [0, 0.1) is 17.3 Å². The van der Waals surface area contributed by atoms with Gasteiger partial charge in [0, 0.05) is 0 Å². The molecule has 0 heterocycles. The van der Waals surface area contributed by atoms with Crippen molar-refractivity contribution in [2.24, 2.45) is 23.0 Å². The summed E-state index contributed by atoms with van der Waals surface area (Å²) in [6.07, 6.45) is 6.97. The van der Waals surface area contributed by atoms with E-state index >= 15 is 0 Å². The lowest BCUT2D eigenvalue weighted by Crippen LogP contribution is -2.11. The minimum absolute atomic E-state index is 0.352. The van der Waals surface area contributed by atoms with Crippen LogP contribution < -0.4 is 5.73 Å². The van der Waals surface area contributed by atoms with Gasteiger partial charge < -0.3 is 5.73 Å². The number of hydrogen-bond donors (Lipinski definition) is 1. The molecule has 0 bridgehead atoms. The molecule has 0 aliphatic rings. The van der Waals surface area contributed by atoms with Gasteiger partial charge in [0.05, 0.1) is 0 Å². The third-order valence-electron chi connectivity index (χ3n) is 2.66. The molecule has 0 saturated carbocycles. The molecule has 94 valence electrons. The SMILES string of the molecule is CC(/C=C/C(N)=O)CCC(C)CC(C)(C)C. The number of carbonyl (C=O) groups is 1. The van der Waals surface area contributed by atoms with E-state index in [1.165, 1.54) is 18.9 Å². The number of nitrogens with two attached hydrogens (primary N) is 1. The van der Waals surface area contributed by atoms with E-state index in [1.807, 2.05) is 6.08 Å². The smallest absolute Gasteiger partial charge is 0.241 e. The van der Waals surface area contributed by atoms with Crippen molar-refractivity contribution < 1.29 is 4.79 Å². The van der Waals surface area contributed by atoms with Gasteiger partial charge in [0.1, 0.15) is 0 Å². The monoisotopic (exact) mass is 225 g/mol. The Morgan fingerprint density at radius 3 is 2.25 bits per heavy atom. The number of rotatable bonds is 6. The fourth-order valence-corrected chi connectivity index (χ4v) is 2.05. The molecule has 16 heavy (non-hydrogen) atoms. The zero-order valence-electron chi connectivity index (χ0n) is 11.4. The van der Waals surface area contributed by atoms with Crippen LogP contribution in [-0.2, 0) is 4.79 Å². The van der Waals surface area contributed by atoms with E-state index in [-0.39, 0.29) is 5.91 Å². The first kappa shape index (κ1) is 15.2. The van der Waals surface area contributed by atoms with Crippen LogP contribution in [-0.4, -0.2) is 5.91 Å². The number of carbonyl (C=O) groups excluding carboxylic acids is 1. The molecule has 0 rings (SSSR count). The predicted molar refractivity (Wildman–Crippen MR) is 70.0 cm³/mol. The third kappa shape index (κ3) is 9.75. The van der Waals surface area contributed by atoms with Gasteiger partial charge in [-0.15, -0.1) is 0 Å². The van der Waals surface area contributed by atoms with Crippen molar-refractivity contribution in [3.63, 3.8) is 0 Å². The average Bonchev–Trinajstić information content (AvgIpc) is 2.08. The summed E-state index contributed by atoms with van der Waals surface area (Å²) in [4.78, 5) is 10.6. The minimum Gasteiger partial charge on any atom is -0.366 e. The van der Waals surface area contributed by atoms with Gasteiger partial charge in [-0.25, -0.2) is 0 Å². The fourth-order valence-electron chi connectivity index (χ4n) is 2.05. The number of allylic oxidation sites excluding steroid dienone is 1. The van der Waals surface area contributed by atoms with Gasteiger partial charge in [-0.05, 0) is 36.2 Å². The van der Waals surface area contributed by atoms with E-state index in [0.717, 1.165) is 12.3 Å². The third-order valence-corrected chi connectivity index (χ3v) is 2.66. The van der Waals surface area contributed by atoms with Crippen LogP contribution >= 0.6 is 0 Å². The highest BCUT2D eigenvalue weighted by molar-refractivity contribution is 5.85. The Balaban J connectivity index is 3.83. The Morgan fingerprint density at radius 1 is 1.25 bits per heavy atom. The van der Waals surface area contributed by atoms with Gasteiger partial charge in [-0.2, -0.15) is 0 Å². The molecule has 2 unspecified atom stereocenters. The highest BCUT2D eigenvalue weighted by Crippen LogP contribution is 2.27. The molecule has 2 nitrogen and oxygen atoms in total. The van der Waals surface area contributed by atoms with E-state index in [4.69, 9.17) is 5.73 Å². The molecule has 0 radical (unpaired) electrons. The first-order valence-corrected chi connectivity index (χ1v) is 6.18. The van der Waals surface area contributed by atoms with Gasteiger partial charge in [0.2, 0.25) is 5.91 Å². The molecule has 0 fully saturated rings. The van der Waals surface area contributed by atoms with Crippen molar-refractivity contribution in [1.82, 2.24) is 0 Å². The maximum absolute atomic E-state index is 10.6.